The number of anilines is 1. The van der Waals surface area contributed by atoms with Gasteiger partial charge in [-0.15, -0.1) is 5.10 Å². The van der Waals surface area contributed by atoms with Gasteiger partial charge >= 0.3 is 0 Å². The summed E-state index contributed by atoms with van der Waals surface area (Å²) in [5, 5.41) is 7.59. The maximum atomic E-state index is 13.2. The molecule has 1 saturated heterocycles. The number of halogens is 1. The Morgan fingerprint density at radius 1 is 1.10 bits per heavy atom. The van der Waals surface area contributed by atoms with Crippen molar-refractivity contribution < 1.29 is 9.18 Å². The minimum Gasteiger partial charge on any atom is -0.354 e. The van der Waals surface area contributed by atoms with E-state index >= 15 is 0 Å². The van der Waals surface area contributed by atoms with Gasteiger partial charge < -0.3 is 10.2 Å². The van der Waals surface area contributed by atoms with Crippen molar-refractivity contribution in [1.29, 1.82) is 0 Å². The van der Waals surface area contributed by atoms with Crippen molar-refractivity contribution in [2.45, 2.75) is 25.8 Å². The molecule has 2 atom stereocenters. The van der Waals surface area contributed by atoms with Gasteiger partial charge in [0.05, 0.1) is 17.6 Å². The average molecular weight is 420 g/mol. The standard InChI is InChI=1S/C24H25FN4O2/c1-17(18-6-3-2-4-7-18)26-24(31)19-8-5-15-28(16-19)22-13-14-23(30)29(27-22)21-11-9-20(25)10-12-21/h2-4,6-7,9-14,17,19H,5,8,15-16H2,1H3,(H,26,31). The lowest BCUT2D eigenvalue weighted by molar-refractivity contribution is -0.125. The summed E-state index contributed by atoms with van der Waals surface area (Å²) in [5.41, 5.74) is 1.27. The summed E-state index contributed by atoms with van der Waals surface area (Å²) in [6.07, 6.45) is 1.66. The van der Waals surface area contributed by atoms with Crippen LogP contribution in [0.4, 0.5) is 10.2 Å². The van der Waals surface area contributed by atoms with Crippen LogP contribution in [0.3, 0.4) is 0 Å². The first-order valence-electron chi connectivity index (χ1n) is 10.5. The largest absolute Gasteiger partial charge is 0.354 e. The zero-order chi connectivity index (χ0) is 21.8. The van der Waals surface area contributed by atoms with Crippen molar-refractivity contribution in [2.24, 2.45) is 5.92 Å². The van der Waals surface area contributed by atoms with Crippen LogP contribution in [-0.2, 0) is 4.79 Å². The molecule has 1 aliphatic heterocycles. The van der Waals surface area contributed by atoms with E-state index in [9.17, 15) is 14.0 Å². The van der Waals surface area contributed by atoms with Gasteiger partial charge in [0.25, 0.3) is 5.56 Å². The van der Waals surface area contributed by atoms with Crippen LogP contribution in [0.2, 0.25) is 0 Å². The van der Waals surface area contributed by atoms with E-state index in [1.165, 1.54) is 35.0 Å². The highest BCUT2D eigenvalue weighted by Crippen LogP contribution is 2.23. The third-order valence-corrected chi connectivity index (χ3v) is 5.63. The average Bonchev–Trinajstić information content (AvgIpc) is 2.80. The number of nitrogens with zero attached hydrogens (tertiary/aromatic N) is 3. The molecule has 160 valence electrons. The lowest BCUT2D eigenvalue weighted by atomic mass is 9.96. The third-order valence-electron chi connectivity index (χ3n) is 5.63. The van der Waals surface area contributed by atoms with E-state index < -0.39 is 0 Å². The molecule has 2 unspecified atom stereocenters. The maximum absolute atomic E-state index is 13.2. The van der Waals surface area contributed by atoms with Crippen LogP contribution in [0, 0.1) is 11.7 Å². The van der Waals surface area contributed by atoms with Crippen molar-refractivity contribution in [3.05, 3.63) is 88.5 Å². The molecule has 4 rings (SSSR count). The third kappa shape index (κ3) is 4.82. The van der Waals surface area contributed by atoms with Crippen LogP contribution in [-0.4, -0.2) is 28.8 Å². The van der Waals surface area contributed by atoms with E-state index in [-0.39, 0.29) is 29.2 Å². The van der Waals surface area contributed by atoms with Gasteiger partial charge in [0.15, 0.2) is 0 Å². The van der Waals surface area contributed by atoms with Crippen molar-refractivity contribution in [2.75, 3.05) is 18.0 Å². The van der Waals surface area contributed by atoms with Crippen LogP contribution in [0.5, 0.6) is 0 Å². The second kappa shape index (κ2) is 9.12. The monoisotopic (exact) mass is 420 g/mol. The molecule has 2 heterocycles. The highest BCUT2D eigenvalue weighted by Gasteiger charge is 2.27. The molecule has 0 radical (unpaired) electrons. The molecule has 0 aliphatic carbocycles. The molecule has 7 heteroatoms. The Morgan fingerprint density at radius 2 is 1.84 bits per heavy atom. The summed E-state index contributed by atoms with van der Waals surface area (Å²) in [4.78, 5) is 27.2. The van der Waals surface area contributed by atoms with E-state index in [0.29, 0.717) is 18.1 Å². The van der Waals surface area contributed by atoms with Gasteiger partial charge in [0.2, 0.25) is 5.91 Å². The van der Waals surface area contributed by atoms with Gasteiger partial charge in [0, 0.05) is 19.2 Å². The summed E-state index contributed by atoms with van der Waals surface area (Å²) in [7, 11) is 0. The molecule has 0 spiro atoms. The van der Waals surface area contributed by atoms with E-state index in [0.717, 1.165) is 24.9 Å². The number of benzene rings is 2. The van der Waals surface area contributed by atoms with E-state index in [2.05, 4.69) is 10.4 Å². The second-order valence-electron chi connectivity index (χ2n) is 7.84. The molecule has 31 heavy (non-hydrogen) atoms. The summed E-state index contributed by atoms with van der Waals surface area (Å²) in [5.74, 6) is 0.112. The van der Waals surface area contributed by atoms with E-state index in [1.807, 2.05) is 42.2 Å². The molecule has 1 fully saturated rings. The number of piperidine rings is 1. The van der Waals surface area contributed by atoms with Crippen LogP contribution in [0.15, 0.2) is 71.5 Å². The van der Waals surface area contributed by atoms with Crippen molar-refractivity contribution in [3.63, 3.8) is 0 Å². The first kappa shape index (κ1) is 20.8. The van der Waals surface area contributed by atoms with Gasteiger partial charge in [-0.2, -0.15) is 4.68 Å². The van der Waals surface area contributed by atoms with Crippen LogP contribution < -0.4 is 15.8 Å². The summed E-state index contributed by atoms with van der Waals surface area (Å²) < 4.78 is 14.5. The fraction of sp³-hybridized carbons (Fsp3) is 0.292. The van der Waals surface area contributed by atoms with Crippen LogP contribution in [0.1, 0.15) is 31.4 Å². The fourth-order valence-corrected chi connectivity index (χ4v) is 3.89. The minimum absolute atomic E-state index is 0.0212. The molecule has 0 bridgehead atoms. The maximum Gasteiger partial charge on any atom is 0.271 e. The molecule has 1 N–H and O–H groups in total. The number of rotatable bonds is 5. The van der Waals surface area contributed by atoms with Crippen molar-refractivity contribution >= 4 is 11.7 Å². The summed E-state index contributed by atoms with van der Waals surface area (Å²) >= 11 is 0. The Hall–Kier alpha value is -3.48. The van der Waals surface area contributed by atoms with Crippen molar-refractivity contribution in [3.8, 4) is 5.69 Å². The lowest BCUT2D eigenvalue weighted by Gasteiger charge is -2.33. The van der Waals surface area contributed by atoms with E-state index in [4.69, 9.17) is 0 Å². The quantitative estimate of drug-likeness (QED) is 0.686. The molecule has 6 nitrogen and oxygen atoms in total. The molecule has 1 aliphatic rings. The highest BCUT2D eigenvalue weighted by molar-refractivity contribution is 5.80. The Labute approximate surface area is 180 Å². The molecular formula is C24H25FN4O2. The Bertz CT molecular complexity index is 1100. The molecule has 3 aromatic rings. The summed E-state index contributed by atoms with van der Waals surface area (Å²) in [6, 6.07) is 18.6. The molecular weight excluding hydrogens is 395 g/mol. The Morgan fingerprint density at radius 3 is 2.58 bits per heavy atom. The van der Waals surface area contributed by atoms with Gasteiger partial charge in [0.1, 0.15) is 11.6 Å². The first-order valence-corrected chi connectivity index (χ1v) is 10.5. The molecule has 0 saturated carbocycles. The number of hydrogen-bond donors (Lipinski definition) is 1. The van der Waals surface area contributed by atoms with Crippen LogP contribution >= 0.6 is 0 Å². The fourth-order valence-electron chi connectivity index (χ4n) is 3.89. The molecule has 1 aromatic heterocycles. The number of amides is 1. The topological polar surface area (TPSA) is 67.2 Å². The van der Waals surface area contributed by atoms with Gasteiger partial charge in [-0.1, -0.05) is 30.3 Å². The second-order valence-corrected chi connectivity index (χ2v) is 7.84. The van der Waals surface area contributed by atoms with Crippen molar-refractivity contribution in [1.82, 2.24) is 15.1 Å². The van der Waals surface area contributed by atoms with E-state index in [1.54, 1.807) is 6.07 Å². The smallest absolute Gasteiger partial charge is 0.271 e. The first-order chi connectivity index (χ1) is 15.0. The van der Waals surface area contributed by atoms with Gasteiger partial charge in [-0.25, -0.2) is 4.39 Å². The zero-order valence-corrected chi connectivity index (χ0v) is 17.4. The zero-order valence-electron chi connectivity index (χ0n) is 17.4. The number of hydrogen-bond acceptors (Lipinski definition) is 4. The van der Waals surface area contributed by atoms with Gasteiger partial charge in [-0.05, 0) is 55.7 Å². The molecule has 2 aromatic carbocycles. The number of aromatic nitrogens is 2. The molecule has 1 amide bonds. The highest BCUT2D eigenvalue weighted by atomic mass is 19.1. The summed E-state index contributed by atoms with van der Waals surface area (Å²) in [6.45, 7) is 3.27. The normalized spacial score (nSPS) is 17.2. The SMILES string of the molecule is CC(NC(=O)C1CCCN(c2ccc(=O)n(-c3ccc(F)cc3)n2)C1)c1ccccc1. The predicted octanol–water partition coefficient (Wildman–Crippen LogP) is 3.47. The predicted molar refractivity (Wildman–Crippen MR) is 118 cm³/mol. The van der Waals surface area contributed by atoms with Gasteiger partial charge in [-0.3, -0.25) is 9.59 Å². The Balaban J connectivity index is 1.48. The minimum atomic E-state index is -0.373. The van der Waals surface area contributed by atoms with Crippen LogP contribution in [0.25, 0.3) is 5.69 Å². The lowest BCUT2D eigenvalue weighted by Crippen LogP contribution is -2.44. The number of carbonyl (C=O) groups excluding carboxylic acids is 1. The number of carbonyl (C=O) groups is 1. The Kier molecular flexibility index (Phi) is 6.11. The number of nitrogens with one attached hydrogen (secondary N) is 1.